The van der Waals surface area contributed by atoms with Gasteiger partial charge in [0.1, 0.15) is 22.8 Å². The molecule has 0 aliphatic rings. The van der Waals surface area contributed by atoms with E-state index in [1.807, 2.05) is 0 Å². The number of hydrogen-bond acceptors (Lipinski definition) is 8. The van der Waals surface area contributed by atoms with E-state index in [9.17, 15) is 25.2 Å². The van der Waals surface area contributed by atoms with Gasteiger partial charge in [0.25, 0.3) is 5.91 Å². The minimum Gasteiger partial charge on any atom is -0.382 e. The summed E-state index contributed by atoms with van der Waals surface area (Å²) in [5.74, 6) is -5.68. The van der Waals surface area contributed by atoms with Crippen molar-refractivity contribution in [2.75, 3.05) is 11.1 Å². The SMILES string of the molecule is Cc1cn2c(C(O)(O)O)nc(-c3ccc(NC(=O)C(O)c4cccc(Cl)c4)cc3F)c2c(N)n1. The second-order valence-corrected chi connectivity index (χ2v) is 7.98. The molecule has 12 heteroatoms. The Morgan fingerprint density at radius 1 is 1.21 bits per heavy atom. The lowest BCUT2D eigenvalue weighted by molar-refractivity contribution is -0.329. The number of carbonyl (C=O) groups excluding carboxylic acids is 1. The van der Waals surface area contributed by atoms with Crippen LogP contribution in [0.2, 0.25) is 5.02 Å². The molecule has 0 radical (unpaired) electrons. The van der Waals surface area contributed by atoms with Gasteiger partial charge in [0.15, 0.2) is 6.10 Å². The van der Waals surface area contributed by atoms with Crippen LogP contribution < -0.4 is 11.1 Å². The molecule has 2 aromatic carbocycles. The Morgan fingerprint density at radius 3 is 2.59 bits per heavy atom. The minimum absolute atomic E-state index is 0.0363. The predicted octanol–water partition coefficient (Wildman–Crippen LogP) is 1.84. The zero-order valence-corrected chi connectivity index (χ0v) is 18.3. The molecule has 1 atom stereocenters. The van der Waals surface area contributed by atoms with Crippen molar-refractivity contribution >= 4 is 34.5 Å². The van der Waals surface area contributed by atoms with Crippen molar-refractivity contribution in [3.8, 4) is 11.3 Å². The second kappa shape index (κ2) is 8.63. The third-order valence-electron chi connectivity index (χ3n) is 4.97. The number of nitrogens with one attached hydrogen (secondary N) is 1. The average molecular weight is 488 g/mol. The summed E-state index contributed by atoms with van der Waals surface area (Å²) in [6.45, 7) is 1.59. The van der Waals surface area contributed by atoms with E-state index in [4.69, 9.17) is 17.3 Å². The molecule has 0 bridgehead atoms. The average Bonchev–Trinajstić information content (AvgIpc) is 3.13. The van der Waals surface area contributed by atoms with Crippen LogP contribution in [0.1, 0.15) is 23.2 Å². The van der Waals surface area contributed by atoms with Crippen molar-refractivity contribution in [3.05, 3.63) is 76.6 Å². The van der Waals surface area contributed by atoms with Crippen molar-refractivity contribution in [1.82, 2.24) is 14.4 Å². The van der Waals surface area contributed by atoms with E-state index in [1.165, 1.54) is 30.5 Å². The van der Waals surface area contributed by atoms with Crippen LogP contribution in [0.4, 0.5) is 15.9 Å². The van der Waals surface area contributed by atoms with Crippen LogP contribution in [0.25, 0.3) is 16.8 Å². The number of amides is 1. The van der Waals surface area contributed by atoms with Gasteiger partial charge in [-0.25, -0.2) is 14.4 Å². The van der Waals surface area contributed by atoms with E-state index >= 15 is 4.39 Å². The molecular weight excluding hydrogens is 469 g/mol. The number of nitrogens with zero attached hydrogens (tertiary/aromatic N) is 3. The van der Waals surface area contributed by atoms with Crippen molar-refractivity contribution in [3.63, 3.8) is 0 Å². The fourth-order valence-electron chi connectivity index (χ4n) is 3.51. The van der Waals surface area contributed by atoms with Gasteiger partial charge in [-0.3, -0.25) is 9.20 Å². The Bertz CT molecular complexity index is 1420. The van der Waals surface area contributed by atoms with Crippen molar-refractivity contribution < 1.29 is 29.6 Å². The molecule has 0 fully saturated rings. The van der Waals surface area contributed by atoms with Crippen molar-refractivity contribution in [1.29, 1.82) is 0 Å². The second-order valence-electron chi connectivity index (χ2n) is 7.55. The molecule has 2 heterocycles. The first-order chi connectivity index (χ1) is 16.0. The molecule has 0 aliphatic heterocycles. The lowest BCUT2D eigenvalue weighted by Crippen LogP contribution is -2.27. The van der Waals surface area contributed by atoms with Crippen molar-refractivity contribution in [2.45, 2.75) is 19.0 Å². The van der Waals surface area contributed by atoms with Crippen LogP contribution in [0, 0.1) is 12.7 Å². The number of halogens is 2. The largest absolute Gasteiger partial charge is 0.382 e. The van der Waals surface area contributed by atoms with Gasteiger partial charge >= 0.3 is 5.97 Å². The maximum Gasteiger partial charge on any atom is 0.339 e. The maximum atomic E-state index is 15.1. The normalized spacial score (nSPS) is 12.7. The Morgan fingerprint density at radius 2 is 1.94 bits per heavy atom. The molecule has 1 amide bonds. The third kappa shape index (κ3) is 4.42. The molecule has 7 N–H and O–H groups in total. The summed E-state index contributed by atoms with van der Waals surface area (Å²) < 4.78 is 16.2. The highest BCUT2D eigenvalue weighted by atomic mass is 35.5. The molecule has 1 unspecified atom stereocenters. The number of benzene rings is 2. The molecular formula is C22H19ClFN5O5. The molecule has 0 aliphatic carbocycles. The lowest BCUT2D eigenvalue weighted by atomic mass is 10.1. The third-order valence-corrected chi connectivity index (χ3v) is 5.21. The molecule has 10 nitrogen and oxygen atoms in total. The standard InChI is InChI=1S/C22H19ClFN5O5/c1-10-9-29-17(19(25)26-10)16(28-21(29)22(32,33)34)14-6-5-13(8-15(14)24)27-20(31)18(30)11-3-2-4-12(23)7-11/h2-9,18,30,32-34H,1H3,(H2,25,26)(H,27,31). The van der Waals surface area contributed by atoms with Gasteiger partial charge in [-0.1, -0.05) is 23.7 Å². The number of aliphatic hydroxyl groups is 4. The highest BCUT2D eigenvalue weighted by molar-refractivity contribution is 6.30. The van der Waals surface area contributed by atoms with Crippen LogP contribution in [0.3, 0.4) is 0 Å². The number of aromatic nitrogens is 3. The van der Waals surface area contributed by atoms with Gasteiger partial charge in [0.2, 0.25) is 5.82 Å². The fourth-order valence-corrected chi connectivity index (χ4v) is 3.71. The lowest BCUT2D eigenvalue weighted by Gasteiger charge is -2.13. The summed E-state index contributed by atoms with van der Waals surface area (Å²) in [4.78, 5) is 20.5. The van der Waals surface area contributed by atoms with Crippen LogP contribution in [-0.2, 0) is 10.8 Å². The van der Waals surface area contributed by atoms with Gasteiger partial charge in [-0.05, 0) is 42.8 Å². The topological polar surface area (TPSA) is 166 Å². The Hall–Kier alpha value is -3.61. The monoisotopic (exact) mass is 487 g/mol. The highest BCUT2D eigenvalue weighted by Gasteiger charge is 2.32. The van der Waals surface area contributed by atoms with E-state index in [-0.39, 0.29) is 33.8 Å². The summed E-state index contributed by atoms with van der Waals surface area (Å²) in [5.41, 5.74) is 6.46. The summed E-state index contributed by atoms with van der Waals surface area (Å²) in [5, 5.41) is 42.1. The molecule has 176 valence electrons. The number of carbonyl (C=O) groups is 1. The first-order valence-corrected chi connectivity index (χ1v) is 10.2. The number of nitrogen functional groups attached to an aromatic ring is 1. The van der Waals surface area contributed by atoms with E-state index in [0.29, 0.717) is 10.7 Å². The summed E-state index contributed by atoms with van der Waals surface area (Å²) in [6, 6.07) is 9.74. The van der Waals surface area contributed by atoms with Gasteiger partial charge in [-0.15, -0.1) is 0 Å². The Kier molecular flexibility index (Phi) is 5.98. The number of fused-ring (bicyclic) bond motifs is 1. The smallest absolute Gasteiger partial charge is 0.339 e. The Balaban J connectivity index is 1.70. The molecule has 0 saturated carbocycles. The molecule has 4 rings (SSSR count). The molecule has 2 aromatic heterocycles. The number of aliphatic hydroxyl groups excluding tert-OH is 1. The van der Waals surface area contributed by atoms with Crippen molar-refractivity contribution in [2.24, 2.45) is 0 Å². The maximum absolute atomic E-state index is 15.1. The molecule has 0 saturated heterocycles. The molecule has 4 aromatic rings. The fraction of sp³-hybridized carbons (Fsp3) is 0.136. The Labute approximate surface area is 196 Å². The van der Waals surface area contributed by atoms with Crippen LogP contribution in [-0.4, -0.2) is 40.7 Å². The highest BCUT2D eigenvalue weighted by Crippen LogP contribution is 2.33. The number of hydrogen-bond donors (Lipinski definition) is 6. The first kappa shape index (κ1) is 23.5. The number of aryl methyl sites for hydroxylation is 1. The number of imidazole rings is 1. The first-order valence-electron chi connectivity index (χ1n) is 9.83. The molecule has 34 heavy (non-hydrogen) atoms. The zero-order valence-electron chi connectivity index (χ0n) is 17.6. The van der Waals surface area contributed by atoms with E-state index in [2.05, 4.69) is 15.3 Å². The van der Waals surface area contributed by atoms with Crippen LogP contribution in [0.15, 0.2) is 48.7 Å². The van der Waals surface area contributed by atoms with E-state index in [1.54, 1.807) is 19.1 Å². The van der Waals surface area contributed by atoms with E-state index < -0.39 is 29.6 Å². The quantitative estimate of drug-likeness (QED) is 0.232. The van der Waals surface area contributed by atoms with Gasteiger partial charge in [0.05, 0.1) is 5.69 Å². The number of nitrogens with two attached hydrogens (primary N) is 1. The minimum atomic E-state index is -3.33. The van der Waals surface area contributed by atoms with E-state index in [0.717, 1.165) is 10.5 Å². The summed E-state index contributed by atoms with van der Waals surface area (Å²) in [6.07, 6.45) is -0.194. The van der Waals surface area contributed by atoms with Crippen LogP contribution >= 0.6 is 11.6 Å². The van der Waals surface area contributed by atoms with Gasteiger partial charge < -0.3 is 31.5 Å². The number of rotatable bonds is 5. The predicted molar refractivity (Wildman–Crippen MR) is 121 cm³/mol. The zero-order chi connectivity index (χ0) is 24.8. The summed E-state index contributed by atoms with van der Waals surface area (Å²) >= 11 is 5.88. The molecule has 0 spiro atoms. The van der Waals surface area contributed by atoms with Crippen LogP contribution in [0.5, 0.6) is 0 Å². The van der Waals surface area contributed by atoms with Gasteiger partial charge in [-0.2, -0.15) is 0 Å². The van der Waals surface area contributed by atoms with Gasteiger partial charge in [0, 0.05) is 22.5 Å². The number of anilines is 2. The summed E-state index contributed by atoms with van der Waals surface area (Å²) in [7, 11) is 0.